The fourth-order valence-corrected chi connectivity index (χ4v) is 2.54. The molecule has 0 spiro atoms. The highest BCUT2D eigenvalue weighted by atomic mass is 16.5. The number of morpholine rings is 1. The van der Waals surface area contributed by atoms with Gasteiger partial charge >= 0.3 is 0 Å². The summed E-state index contributed by atoms with van der Waals surface area (Å²) in [6, 6.07) is 10.9. The molecule has 118 valence electrons. The first kappa shape index (κ1) is 15.4. The first-order valence-corrected chi connectivity index (χ1v) is 7.59. The van der Waals surface area contributed by atoms with Gasteiger partial charge in [0, 0.05) is 30.4 Å². The molecule has 1 aliphatic heterocycles. The van der Waals surface area contributed by atoms with Gasteiger partial charge in [-0.3, -0.25) is 14.6 Å². The fraction of sp³-hybridized carbons (Fsp3) is 0.278. The van der Waals surface area contributed by atoms with Gasteiger partial charge in [-0.05, 0) is 25.1 Å². The number of hydrogen-bond donors (Lipinski definition) is 0. The summed E-state index contributed by atoms with van der Waals surface area (Å²) in [5, 5.41) is 0. The molecule has 2 heterocycles. The molecule has 3 rings (SSSR count). The summed E-state index contributed by atoms with van der Waals surface area (Å²) in [4.78, 5) is 30.0. The van der Waals surface area contributed by atoms with Crippen LogP contribution in [-0.2, 0) is 4.74 Å². The monoisotopic (exact) mass is 310 g/mol. The van der Waals surface area contributed by atoms with Crippen LogP contribution in [0.4, 0.5) is 0 Å². The number of hydrogen-bond acceptors (Lipinski definition) is 4. The van der Waals surface area contributed by atoms with Gasteiger partial charge in [-0.15, -0.1) is 0 Å². The van der Waals surface area contributed by atoms with E-state index in [4.69, 9.17) is 4.74 Å². The number of amides is 1. The predicted molar refractivity (Wildman–Crippen MR) is 86.4 cm³/mol. The summed E-state index contributed by atoms with van der Waals surface area (Å²) in [5.41, 5.74) is 2.82. The molecular weight excluding hydrogens is 292 g/mol. The average molecular weight is 310 g/mol. The van der Waals surface area contributed by atoms with Crippen LogP contribution in [0.3, 0.4) is 0 Å². The van der Waals surface area contributed by atoms with Gasteiger partial charge in [0.05, 0.1) is 24.5 Å². The van der Waals surface area contributed by atoms with E-state index in [9.17, 15) is 9.59 Å². The third kappa shape index (κ3) is 3.46. The number of carbonyl (C=O) groups is 2. The lowest BCUT2D eigenvalue weighted by molar-refractivity contribution is 0.0302. The summed E-state index contributed by atoms with van der Waals surface area (Å²) in [5.74, 6) is -0.00389. The van der Waals surface area contributed by atoms with Crippen molar-refractivity contribution in [2.45, 2.75) is 6.92 Å². The fourth-order valence-electron chi connectivity index (χ4n) is 2.54. The van der Waals surface area contributed by atoms with Crippen LogP contribution in [0, 0.1) is 0 Å². The van der Waals surface area contributed by atoms with Crippen molar-refractivity contribution in [3.63, 3.8) is 0 Å². The molecule has 0 aliphatic carbocycles. The Morgan fingerprint density at radius 2 is 1.87 bits per heavy atom. The van der Waals surface area contributed by atoms with E-state index in [2.05, 4.69) is 4.98 Å². The molecule has 1 saturated heterocycles. The maximum Gasteiger partial charge on any atom is 0.255 e. The lowest BCUT2D eigenvalue weighted by atomic mass is 10.0. The van der Waals surface area contributed by atoms with Crippen LogP contribution in [0.1, 0.15) is 27.6 Å². The minimum Gasteiger partial charge on any atom is -0.378 e. The topological polar surface area (TPSA) is 59.5 Å². The third-order valence-electron chi connectivity index (χ3n) is 3.87. The Labute approximate surface area is 134 Å². The van der Waals surface area contributed by atoms with Gasteiger partial charge in [0.25, 0.3) is 5.91 Å². The van der Waals surface area contributed by atoms with Crippen molar-refractivity contribution in [2.24, 2.45) is 0 Å². The quantitative estimate of drug-likeness (QED) is 0.817. The second kappa shape index (κ2) is 6.71. The second-order valence-electron chi connectivity index (χ2n) is 5.47. The summed E-state index contributed by atoms with van der Waals surface area (Å²) < 4.78 is 5.26. The third-order valence-corrected chi connectivity index (χ3v) is 3.87. The van der Waals surface area contributed by atoms with E-state index in [1.807, 2.05) is 24.3 Å². The van der Waals surface area contributed by atoms with Crippen LogP contribution in [0.2, 0.25) is 0 Å². The van der Waals surface area contributed by atoms with Crippen LogP contribution in [0.25, 0.3) is 11.3 Å². The van der Waals surface area contributed by atoms with Crippen LogP contribution < -0.4 is 0 Å². The molecule has 0 bridgehead atoms. The van der Waals surface area contributed by atoms with Gasteiger partial charge in [0.2, 0.25) is 0 Å². The number of ketones is 1. The van der Waals surface area contributed by atoms with Gasteiger partial charge in [-0.2, -0.15) is 0 Å². The number of benzene rings is 1. The highest BCUT2D eigenvalue weighted by Gasteiger charge is 2.18. The van der Waals surface area contributed by atoms with Crippen LogP contribution in [0.15, 0.2) is 42.6 Å². The molecule has 1 aromatic heterocycles. The predicted octanol–water partition coefficient (Wildman–Crippen LogP) is 2.42. The zero-order valence-electron chi connectivity index (χ0n) is 13.0. The molecule has 5 heteroatoms. The van der Waals surface area contributed by atoms with Crippen molar-refractivity contribution >= 4 is 11.7 Å². The van der Waals surface area contributed by atoms with Crippen molar-refractivity contribution in [1.82, 2.24) is 9.88 Å². The van der Waals surface area contributed by atoms with Gasteiger partial charge in [0.1, 0.15) is 0 Å². The SMILES string of the molecule is CC(=O)c1cccc(-c2ccc(C(=O)N3CCOCC3)cn2)c1. The van der Waals surface area contributed by atoms with Gasteiger partial charge in [-0.1, -0.05) is 18.2 Å². The highest BCUT2D eigenvalue weighted by molar-refractivity contribution is 5.95. The second-order valence-corrected chi connectivity index (χ2v) is 5.47. The van der Waals surface area contributed by atoms with Crippen LogP contribution in [-0.4, -0.2) is 47.9 Å². The smallest absolute Gasteiger partial charge is 0.255 e. The number of aromatic nitrogens is 1. The van der Waals surface area contributed by atoms with Crippen molar-refractivity contribution in [1.29, 1.82) is 0 Å². The number of Topliss-reactive ketones (excluding diaryl/α,β-unsaturated/α-hetero) is 1. The van der Waals surface area contributed by atoms with E-state index in [0.717, 1.165) is 11.3 Å². The molecule has 1 fully saturated rings. The Kier molecular flexibility index (Phi) is 4.48. The van der Waals surface area contributed by atoms with E-state index < -0.39 is 0 Å². The molecule has 0 atom stereocenters. The number of nitrogens with zero attached hydrogens (tertiary/aromatic N) is 2. The van der Waals surface area contributed by atoms with Crippen molar-refractivity contribution in [3.05, 3.63) is 53.7 Å². The average Bonchev–Trinajstić information content (AvgIpc) is 2.62. The number of ether oxygens (including phenoxy) is 1. The molecular formula is C18H18N2O3. The molecule has 2 aromatic rings. The maximum atomic E-state index is 12.4. The van der Waals surface area contributed by atoms with E-state index >= 15 is 0 Å². The summed E-state index contributed by atoms with van der Waals surface area (Å²) in [7, 11) is 0. The first-order valence-electron chi connectivity index (χ1n) is 7.59. The Hall–Kier alpha value is -2.53. The van der Waals surface area contributed by atoms with Crippen molar-refractivity contribution < 1.29 is 14.3 Å². The van der Waals surface area contributed by atoms with Crippen LogP contribution in [0.5, 0.6) is 0 Å². The maximum absolute atomic E-state index is 12.4. The molecule has 1 aromatic carbocycles. The lowest BCUT2D eigenvalue weighted by Gasteiger charge is -2.26. The molecule has 23 heavy (non-hydrogen) atoms. The Morgan fingerprint density at radius 1 is 1.09 bits per heavy atom. The van der Waals surface area contributed by atoms with Crippen LogP contribution >= 0.6 is 0 Å². The molecule has 5 nitrogen and oxygen atoms in total. The summed E-state index contributed by atoms with van der Waals surface area (Å²) in [6.45, 7) is 3.92. The Balaban J connectivity index is 1.80. The first-order chi connectivity index (χ1) is 11.1. The van der Waals surface area contributed by atoms with E-state index in [-0.39, 0.29) is 11.7 Å². The molecule has 0 saturated carbocycles. The number of carbonyl (C=O) groups excluding carboxylic acids is 2. The van der Waals surface area contributed by atoms with Crippen molar-refractivity contribution in [2.75, 3.05) is 26.3 Å². The molecule has 0 radical (unpaired) electrons. The highest BCUT2D eigenvalue weighted by Crippen LogP contribution is 2.19. The van der Waals surface area contributed by atoms with Crippen molar-refractivity contribution in [3.8, 4) is 11.3 Å². The normalized spacial score (nSPS) is 14.6. The zero-order valence-corrected chi connectivity index (χ0v) is 13.0. The summed E-state index contributed by atoms with van der Waals surface area (Å²) >= 11 is 0. The molecule has 1 aliphatic rings. The standard InChI is InChI=1S/C18H18N2O3/c1-13(21)14-3-2-4-15(11-14)17-6-5-16(12-19-17)18(22)20-7-9-23-10-8-20/h2-6,11-12H,7-10H2,1H3. The van der Waals surface area contributed by atoms with E-state index in [1.165, 1.54) is 6.92 Å². The Morgan fingerprint density at radius 3 is 2.52 bits per heavy atom. The van der Waals surface area contributed by atoms with E-state index in [1.54, 1.807) is 23.2 Å². The summed E-state index contributed by atoms with van der Waals surface area (Å²) in [6.07, 6.45) is 1.59. The van der Waals surface area contributed by atoms with Gasteiger partial charge in [-0.25, -0.2) is 0 Å². The van der Waals surface area contributed by atoms with Gasteiger partial charge in [0.15, 0.2) is 5.78 Å². The molecule has 0 unspecified atom stereocenters. The lowest BCUT2D eigenvalue weighted by Crippen LogP contribution is -2.40. The zero-order chi connectivity index (χ0) is 16.2. The Bertz CT molecular complexity index is 719. The molecule has 0 N–H and O–H groups in total. The minimum atomic E-state index is -0.0233. The van der Waals surface area contributed by atoms with E-state index in [0.29, 0.717) is 37.4 Å². The molecule has 1 amide bonds. The minimum absolute atomic E-state index is 0.0194. The largest absolute Gasteiger partial charge is 0.378 e. The van der Waals surface area contributed by atoms with Gasteiger partial charge < -0.3 is 9.64 Å². The number of rotatable bonds is 3. The number of pyridine rings is 1.